The second-order valence-corrected chi connectivity index (χ2v) is 6.54. The molecule has 1 nitrogen and oxygen atoms in total. The summed E-state index contributed by atoms with van der Waals surface area (Å²) in [5, 5.41) is 3.63. The fourth-order valence-electron chi connectivity index (χ4n) is 2.71. The summed E-state index contributed by atoms with van der Waals surface area (Å²) in [6.07, 6.45) is 1.02. The average Bonchev–Trinajstić information content (AvgIpc) is 2.45. The van der Waals surface area contributed by atoms with Gasteiger partial charge in [0.2, 0.25) is 0 Å². The van der Waals surface area contributed by atoms with E-state index in [-0.39, 0.29) is 0 Å². The van der Waals surface area contributed by atoms with Crippen LogP contribution < -0.4 is 5.32 Å². The van der Waals surface area contributed by atoms with Crippen molar-refractivity contribution < 1.29 is 0 Å². The van der Waals surface area contributed by atoms with Crippen molar-refractivity contribution in [3.8, 4) is 0 Å². The number of hydrogen-bond acceptors (Lipinski definition) is 1. The summed E-state index contributed by atoms with van der Waals surface area (Å²) >= 11 is 3.64. The molecule has 21 heavy (non-hydrogen) atoms. The Morgan fingerprint density at radius 3 is 2.48 bits per heavy atom. The SMILES string of the molecule is CCNC(Cc1ccc(C)c(C)c1)c1cccc(Br)c1C. The molecule has 0 aliphatic carbocycles. The van der Waals surface area contributed by atoms with E-state index in [1.165, 1.54) is 32.3 Å². The summed E-state index contributed by atoms with van der Waals surface area (Å²) in [5.41, 5.74) is 6.83. The van der Waals surface area contributed by atoms with Crippen molar-refractivity contribution in [1.82, 2.24) is 5.32 Å². The molecule has 0 amide bonds. The molecule has 0 aromatic heterocycles. The molecule has 2 aromatic rings. The van der Waals surface area contributed by atoms with Crippen LogP contribution in [0.25, 0.3) is 0 Å². The smallest absolute Gasteiger partial charge is 0.0363 e. The van der Waals surface area contributed by atoms with Crippen LogP contribution in [0.5, 0.6) is 0 Å². The van der Waals surface area contributed by atoms with Crippen molar-refractivity contribution in [1.29, 1.82) is 0 Å². The lowest BCUT2D eigenvalue weighted by Gasteiger charge is -2.21. The minimum Gasteiger partial charge on any atom is -0.310 e. The fourth-order valence-corrected chi connectivity index (χ4v) is 3.09. The maximum atomic E-state index is 3.64. The molecule has 1 unspecified atom stereocenters. The normalized spacial score (nSPS) is 12.4. The molecule has 2 rings (SSSR count). The number of benzene rings is 2. The Balaban J connectivity index is 2.30. The van der Waals surface area contributed by atoms with Gasteiger partial charge in [0, 0.05) is 10.5 Å². The Kier molecular flexibility index (Phi) is 5.60. The first-order chi connectivity index (χ1) is 10.0. The summed E-state index contributed by atoms with van der Waals surface area (Å²) in [6.45, 7) is 9.68. The van der Waals surface area contributed by atoms with Gasteiger partial charge in [0.15, 0.2) is 0 Å². The van der Waals surface area contributed by atoms with Gasteiger partial charge in [-0.2, -0.15) is 0 Å². The second kappa shape index (κ2) is 7.24. The van der Waals surface area contributed by atoms with E-state index in [0.29, 0.717) is 6.04 Å². The van der Waals surface area contributed by atoms with E-state index in [1.54, 1.807) is 0 Å². The number of aryl methyl sites for hydroxylation is 2. The van der Waals surface area contributed by atoms with E-state index in [2.05, 4.69) is 85.3 Å². The molecular weight excluding hydrogens is 322 g/mol. The van der Waals surface area contributed by atoms with Crippen molar-refractivity contribution in [3.05, 3.63) is 68.7 Å². The van der Waals surface area contributed by atoms with Crippen LogP contribution in [0.15, 0.2) is 40.9 Å². The van der Waals surface area contributed by atoms with Gasteiger partial charge < -0.3 is 5.32 Å². The maximum absolute atomic E-state index is 3.64. The topological polar surface area (TPSA) is 12.0 Å². The van der Waals surface area contributed by atoms with Crippen LogP contribution >= 0.6 is 15.9 Å². The summed E-state index contributed by atoms with van der Waals surface area (Å²) in [5.74, 6) is 0. The molecule has 0 spiro atoms. The Morgan fingerprint density at radius 2 is 1.81 bits per heavy atom. The molecular formula is C19H24BrN. The number of rotatable bonds is 5. The van der Waals surface area contributed by atoms with Gasteiger partial charge in [0.25, 0.3) is 0 Å². The van der Waals surface area contributed by atoms with Crippen molar-refractivity contribution in [2.45, 2.75) is 40.2 Å². The minimum atomic E-state index is 0.356. The minimum absolute atomic E-state index is 0.356. The van der Waals surface area contributed by atoms with Crippen LogP contribution in [-0.4, -0.2) is 6.54 Å². The first-order valence-electron chi connectivity index (χ1n) is 7.57. The number of nitrogens with one attached hydrogen (secondary N) is 1. The lowest BCUT2D eigenvalue weighted by molar-refractivity contribution is 0.547. The van der Waals surface area contributed by atoms with Crippen molar-refractivity contribution in [2.75, 3.05) is 6.54 Å². The summed E-state index contributed by atoms with van der Waals surface area (Å²) in [6, 6.07) is 13.6. The Morgan fingerprint density at radius 1 is 1.05 bits per heavy atom. The molecule has 112 valence electrons. The summed E-state index contributed by atoms with van der Waals surface area (Å²) in [4.78, 5) is 0. The third kappa shape index (κ3) is 3.96. The van der Waals surface area contributed by atoms with Crippen LogP contribution in [0.2, 0.25) is 0 Å². The zero-order valence-corrected chi connectivity index (χ0v) is 14.9. The van der Waals surface area contributed by atoms with Gasteiger partial charge in [-0.1, -0.05) is 53.2 Å². The summed E-state index contributed by atoms with van der Waals surface area (Å²) in [7, 11) is 0. The highest BCUT2D eigenvalue weighted by molar-refractivity contribution is 9.10. The Bertz CT molecular complexity index is 619. The zero-order chi connectivity index (χ0) is 15.4. The van der Waals surface area contributed by atoms with E-state index in [9.17, 15) is 0 Å². The van der Waals surface area contributed by atoms with Gasteiger partial charge in [0.1, 0.15) is 0 Å². The standard InChI is InChI=1S/C19H24BrN/c1-5-21-19(17-7-6-8-18(20)15(17)4)12-16-10-9-13(2)14(3)11-16/h6-11,19,21H,5,12H2,1-4H3. The molecule has 1 atom stereocenters. The first-order valence-corrected chi connectivity index (χ1v) is 8.36. The lowest BCUT2D eigenvalue weighted by Crippen LogP contribution is -2.23. The van der Waals surface area contributed by atoms with Gasteiger partial charge in [-0.3, -0.25) is 0 Å². The fraction of sp³-hybridized carbons (Fsp3) is 0.368. The molecule has 0 bridgehead atoms. The van der Waals surface area contributed by atoms with Crippen LogP contribution in [0.1, 0.15) is 40.8 Å². The second-order valence-electron chi connectivity index (χ2n) is 5.69. The highest BCUT2D eigenvalue weighted by atomic mass is 79.9. The van der Waals surface area contributed by atoms with Gasteiger partial charge >= 0.3 is 0 Å². The number of halogens is 1. The van der Waals surface area contributed by atoms with E-state index in [4.69, 9.17) is 0 Å². The molecule has 0 radical (unpaired) electrons. The molecule has 1 N–H and O–H groups in total. The van der Waals surface area contributed by atoms with Gasteiger partial charge in [-0.05, 0) is 67.6 Å². The van der Waals surface area contributed by atoms with Gasteiger partial charge in [-0.25, -0.2) is 0 Å². The molecule has 0 fully saturated rings. The quantitative estimate of drug-likeness (QED) is 0.778. The molecule has 2 heteroatoms. The van der Waals surface area contributed by atoms with E-state index in [1.807, 2.05) is 0 Å². The highest BCUT2D eigenvalue weighted by Gasteiger charge is 2.15. The van der Waals surface area contributed by atoms with Gasteiger partial charge in [-0.15, -0.1) is 0 Å². The molecule has 0 aliphatic heterocycles. The first kappa shape index (κ1) is 16.3. The number of hydrogen-bond donors (Lipinski definition) is 1. The largest absolute Gasteiger partial charge is 0.310 e. The van der Waals surface area contributed by atoms with Crippen LogP contribution in [0.4, 0.5) is 0 Å². The van der Waals surface area contributed by atoms with Crippen LogP contribution in [0.3, 0.4) is 0 Å². The highest BCUT2D eigenvalue weighted by Crippen LogP contribution is 2.27. The van der Waals surface area contributed by atoms with E-state index in [0.717, 1.165) is 13.0 Å². The predicted molar refractivity (Wildman–Crippen MR) is 94.9 cm³/mol. The zero-order valence-electron chi connectivity index (χ0n) is 13.3. The van der Waals surface area contributed by atoms with Crippen LogP contribution in [-0.2, 0) is 6.42 Å². The molecule has 0 aliphatic rings. The Hall–Kier alpha value is -1.12. The summed E-state index contributed by atoms with van der Waals surface area (Å²) < 4.78 is 1.18. The van der Waals surface area contributed by atoms with Crippen molar-refractivity contribution >= 4 is 15.9 Å². The average molecular weight is 346 g/mol. The number of likely N-dealkylation sites (N-methyl/N-ethyl adjacent to an activating group) is 1. The molecule has 0 saturated heterocycles. The predicted octanol–water partition coefficient (Wildman–Crippen LogP) is 5.27. The maximum Gasteiger partial charge on any atom is 0.0363 e. The van der Waals surface area contributed by atoms with Crippen LogP contribution in [0, 0.1) is 20.8 Å². The lowest BCUT2D eigenvalue weighted by atomic mass is 9.94. The molecule has 2 aromatic carbocycles. The van der Waals surface area contributed by atoms with E-state index >= 15 is 0 Å². The third-order valence-electron chi connectivity index (χ3n) is 4.15. The Labute approximate surface area is 136 Å². The third-order valence-corrected chi connectivity index (χ3v) is 5.01. The van der Waals surface area contributed by atoms with Gasteiger partial charge in [0.05, 0.1) is 0 Å². The van der Waals surface area contributed by atoms with E-state index < -0.39 is 0 Å². The molecule has 0 saturated carbocycles. The monoisotopic (exact) mass is 345 g/mol. The molecule has 0 heterocycles. The van der Waals surface area contributed by atoms with Crippen molar-refractivity contribution in [3.63, 3.8) is 0 Å². The van der Waals surface area contributed by atoms with Crippen molar-refractivity contribution in [2.24, 2.45) is 0 Å².